The van der Waals surface area contributed by atoms with Gasteiger partial charge < -0.3 is 28.7 Å². The molecular formula is C28H59N3O7S2. The quantitative estimate of drug-likeness (QED) is 0.0724. The lowest BCUT2D eigenvalue weighted by Crippen LogP contribution is -2.36. The van der Waals surface area contributed by atoms with E-state index in [0.717, 1.165) is 32.6 Å². The van der Waals surface area contributed by atoms with Crippen LogP contribution in [0.1, 0.15) is 74.7 Å². The Kier molecular flexibility index (Phi) is 31.7. The standard InChI is InChI=1S/C24H47N3O7S2.2C2H6/c1-8-31-15-9-16-32-20-25(5)12-13-26(6)22(29)10-11-24(3,4)36-35-19-18-34-23(30)27(7)14-17-33-21(2)28;2*1-2/h8-20H2,1-7H3;2*1-2H3. The van der Waals surface area contributed by atoms with Crippen LogP contribution in [0.5, 0.6) is 0 Å². The zero-order valence-corrected chi connectivity index (χ0v) is 28.8. The van der Waals surface area contributed by atoms with Crippen molar-refractivity contribution in [3.63, 3.8) is 0 Å². The SMILES string of the molecule is CC.CC.CCOCCCOCN(C)CCN(C)C(=O)CCC(C)(C)SSCCOC(=O)N(C)CCOC(C)=O. The van der Waals surface area contributed by atoms with Gasteiger partial charge in [-0.1, -0.05) is 49.3 Å². The molecule has 10 nitrogen and oxygen atoms in total. The topological polar surface area (TPSA) is 97.8 Å². The van der Waals surface area contributed by atoms with Crippen LogP contribution in [0, 0.1) is 0 Å². The van der Waals surface area contributed by atoms with Crippen LogP contribution in [-0.4, -0.2) is 124 Å². The second-order valence-corrected chi connectivity index (χ2v) is 12.1. The molecule has 0 atom stereocenters. The fraction of sp³-hybridized carbons (Fsp3) is 0.893. The number of amides is 2. The summed E-state index contributed by atoms with van der Waals surface area (Å²) in [7, 11) is 8.74. The van der Waals surface area contributed by atoms with Crippen molar-refractivity contribution < 1.29 is 33.3 Å². The zero-order valence-electron chi connectivity index (χ0n) is 27.2. The summed E-state index contributed by atoms with van der Waals surface area (Å²) in [5, 5.41) is 0. The summed E-state index contributed by atoms with van der Waals surface area (Å²) >= 11 is 0. The summed E-state index contributed by atoms with van der Waals surface area (Å²) in [5.74, 6) is 0.399. The minimum atomic E-state index is -0.445. The smallest absolute Gasteiger partial charge is 0.409 e. The molecule has 0 aromatic carbocycles. The minimum absolute atomic E-state index is 0.0852. The average Bonchev–Trinajstić information content (AvgIpc) is 2.93. The summed E-state index contributed by atoms with van der Waals surface area (Å²) in [4.78, 5) is 40.4. The van der Waals surface area contributed by atoms with E-state index in [4.69, 9.17) is 18.9 Å². The van der Waals surface area contributed by atoms with Crippen LogP contribution in [0.15, 0.2) is 0 Å². The Morgan fingerprint density at radius 2 is 1.43 bits per heavy atom. The molecule has 0 saturated heterocycles. The number of rotatable bonds is 21. The highest BCUT2D eigenvalue weighted by atomic mass is 33.1. The molecule has 0 rings (SSSR count). The van der Waals surface area contributed by atoms with Gasteiger partial charge in [0.2, 0.25) is 5.91 Å². The Balaban J connectivity index is -0.00000326. The van der Waals surface area contributed by atoms with Crippen molar-refractivity contribution in [3.05, 3.63) is 0 Å². The van der Waals surface area contributed by atoms with E-state index in [9.17, 15) is 14.4 Å². The molecule has 240 valence electrons. The molecule has 0 radical (unpaired) electrons. The molecule has 0 aliphatic heterocycles. The van der Waals surface area contributed by atoms with Crippen molar-refractivity contribution in [1.82, 2.24) is 14.7 Å². The van der Waals surface area contributed by atoms with E-state index in [0.29, 0.717) is 32.1 Å². The summed E-state index contributed by atoms with van der Waals surface area (Å²) < 4.78 is 20.9. The maximum absolute atomic E-state index is 12.5. The highest BCUT2D eigenvalue weighted by Crippen LogP contribution is 2.38. The fourth-order valence-electron chi connectivity index (χ4n) is 2.67. The third kappa shape index (κ3) is 28.3. The molecule has 0 spiro atoms. The van der Waals surface area contributed by atoms with E-state index in [1.807, 2.05) is 48.7 Å². The molecule has 2 amide bonds. The van der Waals surface area contributed by atoms with Crippen LogP contribution in [0.2, 0.25) is 0 Å². The van der Waals surface area contributed by atoms with Gasteiger partial charge in [0.05, 0.1) is 19.9 Å². The Hall–Kier alpha value is -1.21. The lowest BCUT2D eigenvalue weighted by atomic mass is 10.1. The Morgan fingerprint density at radius 1 is 0.800 bits per heavy atom. The van der Waals surface area contributed by atoms with Crippen molar-refractivity contribution in [1.29, 1.82) is 0 Å². The molecule has 0 fully saturated rings. The first kappa shape index (κ1) is 43.2. The normalized spacial score (nSPS) is 10.6. The second-order valence-electron chi connectivity index (χ2n) is 9.02. The first-order chi connectivity index (χ1) is 19.0. The van der Waals surface area contributed by atoms with Gasteiger partial charge >= 0.3 is 12.1 Å². The van der Waals surface area contributed by atoms with Crippen LogP contribution < -0.4 is 0 Å². The summed E-state index contributed by atoms with van der Waals surface area (Å²) in [6.45, 7) is 20.3. The summed E-state index contributed by atoms with van der Waals surface area (Å²) in [6, 6.07) is 0. The fourth-order valence-corrected chi connectivity index (χ4v) is 5.07. The lowest BCUT2D eigenvalue weighted by molar-refractivity contribution is -0.141. The number of carbonyl (C=O) groups excluding carboxylic acids is 3. The van der Waals surface area contributed by atoms with Crippen LogP contribution in [0.3, 0.4) is 0 Å². The molecule has 0 N–H and O–H groups in total. The van der Waals surface area contributed by atoms with Crippen molar-refractivity contribution in [2.45, 2.75) is 79.4 Å². The molecule has 0 aromatic rings. The Bertz CT molecular complexity index is 629. The van der Waals surface area contributed by atoms with Crippen LogP contribution in [0.4, 0.5) is 4.79 Å². The molecular weight excluding hydrogens is 554 g/mol. The van der Waals surface area contributed by atoms with E-state index < -0.39 is 6.09 Å². The number of nitrogens with zero attached hydrogens (tertiary/aromatic N) is 3. The van der Waals surface area contributed by atoms with Crippen molar-refractivity contribution >= 4 is 39.6 Å². The predicted molar refractivity (Wildman–Crippen MR) is 169 cm³/mol. The monoisotopic (exact) mass is 613 g/mol. The number of hydrogen-bond donors (Lipinski definition) is 0. The lowest BCUT2D eigenvalue weighted by Gasteiger charge is -2.26. The molecule has 0 heterocycles. The maximum Gasteiger partial charge on any atom is 0.409 e. The predicted octanol–water partition coefficient (Wildman–Crippen LogP) is 5.40. The number of carbonyl (C=O) groups is 3. The molecule has 0 saturated carbocycles. The molecule has 40 heavy (non-hydrogen) atoms. The average molecular weight is 614 g/mol. The maximum atomic E-state index is 12.5. The second kappa shape index (κ2) is 29.3. The van der Waals surface area contributed by atoms with E-state index >= 15 is 0 Å². The van der Waals surface area contributed by atoms with E-state index in [1.54, 1.807) is 33.5 Å². The number of esters is 1. The molecule has 0 aromatic heterocycles. The number of likely N-dealkylation sites (N-methyl/N-ethyl adjacent to an activating group) is 3. The largest absolute Gasteiger partial charge is 0.464 e. The first-order valence-corrected chi connectivity index (χ1v) is 16.7. The molecule has 0 bridgehead atoms. The van der Waals surface area contributed by atoms with Gasteiger partial charge in [-0.3, -0.25) is 14.5 Å². The van der Waals surface area contributed by atoms with E-state index in [2.05, 4.69) is 18.7 Å². The number of ether oxygens (including phenoxy) is 4. The van der Waals surface area contributed by atoms with Gasteiger partial charge in [-0.25, -0.2) is 4.79 Å². The third-order valence-electron chi connectivity index (χ3n) is 5.00. The third-order valence-corrected chi connectivity index (χ3v) is 8.31. The van der Waals surface area contributed by atoms with Gasteiger partial charge in [-0.2, -0.15) is 0 Å². The zero-order chi connectivity index (χ0) is 31.4. The highest BCUT2D eigenvalue weighted by molar-refractivity contribution is 8.77. The van der Waals surface area contributed by atoms with Gasteiger partial charge in [-0.05, 0) is 40.7 Å². The molecule has 0 unspecified atom stereocenters. The molecule has 0 aliphatic carbocycles. The summed E-state index contributed by atoms with van der Waals surface area (Å²) in [5.41, 5.74) is 0. The van der Waals surface area contributed by atoms with Gasteiger partial charge in [-0.15, -0.1) is 0 Å². The summed E-state index contributed by atoms with van der Waals surface area (Å²) in [6.07, 6.45) is 1.68. The van der Waals surface area contributed by atoms with Crippen LogP contribution in [-0.2, 0) is 28.5 Å². The Labute approximate surface area is 252 Å². The number of hydrogen-bond acceptors (Lipinski definition) is 10. The van der Waals surface area contributed by atoms with Gasteiger partial charge in [0.25, 0.3) is 0 Å². The van der Waals surface area contributed by atoms with Gasteiger partial charge in [0, 0.05) is 64.2 Å². The molecule has 12 heteroatoms. The minimum Gasteiger partial charge on any atom is -0.464 e. The van der Waals surface area contributed by atoms with E-state index in [1.165, 1.54) is 11.8 Å². The highest BCUT2D eigenvalue weighted by Gasteiger charge is 2.22. The van der Waals surface area contributed by atoms with Crippen LogP contribution in [0.25, 0.3) is 0 Å². The van der Waals surface area contributed by atoms with E-state index in [-0.39, 0.29) is 36.4 Å². The van der Waals surface area contributed by atoms with Crippen molar-refractivity contribution in [2.75, 3.05) is 86.3 Å². The van der Waals surface area contributed by atoms with Crippen molar-refractivity contribution in [2.24, 2.45) is 0 Å². The van der Waals surface area contributed by atoms with Crippen molar-refractivity contribution in [3.8, 4) is 0 Å². The van der Waals surface area contributed by atoms with Gasteiger partial charge in [0.15, 0.2) is 0 Å². The Morgan fingerprint density at radius 3 is 2.02 bits per heavy atom. The first-order valence-electron chi connectivity index (χ1n) is 14.4. The van der Waals surface area contributed by atoms with Gasteiger partial charge in [0.1, 0.15) is 13.2 Å². The van der Waals surface area contributed by atoms with Crippen LogP contribution >= 0.6 is 21.6 Å². The molecule has 0 aliphatic rings.